The van der Waals surface area contributed by atoms with Gasteiger partial charge in [0.15, 0.2) is 0 Å². The first-order valence-electron chi connectivity index (χ1n) is 6.57. The molecule has 3 rings (SSSR count). The number of rotatable bonds is 5. The minimum absolute atomic E-state index is 0.341. The lowest BCUT2D eigenvalue weighted by molar-refractivity contribution is 0.179. The van der Waals surface area contributed by atoms with Gasteiger partial charge in [-0.2, -0.15) is 0 Å². The number of methoxy groups -OCH3 is 1. The first-order chi connectivity index (χ1) is 9.28. The normalized spacial score (nSPS) is 16.5. The first kappa shape index (κ1) is 12.7. The third kappa shape index (κ3) is 2.82. The molecule has 3 nitrogen and oxygen atoms in total. The average molecular weight is 277 g/mol. The summed E-state index contributed by atoms with van der Waals surface area (Å²) in [5, 5.41) is 5.34. The Balaban J connectivity index is 1.94. The van der Waals surface area contributed by atoms with E-state index in [0.717, 1.165) is 21.6 Å². The lowest BCUT2D eigenvalue weighted by Gasteiger charge is -2.19. The zero-order valence-electron chi connectivity index (χ0n) is 10.9. The number of halogens is 1. The highest BCUT2D eigenvalue weighted by molar-refractivity contribution is 6.31. The zero-order valence-corrected chi connectivity index (χ0v) is 11.7. The molecule has 0 aliphatic heterocycles. The summed E-state index contributed by atoms with van der Waals surface area (Å²) >= 11 is 6.18. The van der Waals surface area contributed by atoms with Gasteiger partial charge >= 0.3 is 0 Å². The van der Waals surface area contributed by atoms with Crippen molar-refractivity contribution in [3.8, 4) is 0 Å². The van der Waals surface area contributed by atoms with Crippen LogP contribution in [-0.4, -0.2) is 24.7 Å². The van der Waals surface area contributed by atoms with Gasteiger partial charge in [-0.25, -0.2) is 0 Å². The number of aromatic nitrogens is 1. The number of fused-ring (bicyclic) bond motifs is 1. The third-order valence-electron chi connectivity index (χ3n) is 3.55. The molecule has 1 heterocycles. The Kier molecular flexibility index (Phi) is 3.58. The van der Waals surface area contributed by atoms with Gasteiger partial charge in [0, 0.05) is 23.7 Å². The maximum Gasteiger partial charge on any atom is 0.0934 e. The number of nitrogens with one attached hydrogen (secondary N) is 1. The average Bonchev–Trinajstić information content (AvgIpc) is 3.22. The van der Waals surface area contributed by atoms with Crippen molar-refractivity contribution in [1.82, 2.24) is 4.98 Å². The molecule has 19 heavy (non-hydrogen) atoms. The van der Waals surface area contributed by atoms with E-state index < -0.39 is 0 Å². The van der Waals surface area contributed by atoms with E-state index in [1.165, 1.54) is 12.8 Å². The Hall–Kier alpha value is -1.32. The summed E-state index contributed by atoms with van der Waals surface area (Å²) in [5.74, 6) is 0.706. The summed E-state index contributed by atoms with van der Waals surface area (Å²) < 4.78 is 5.30. The van der Waals surface area contributed by atoms with Gasteiger partial charge in [-0.15, -0.1) is 0 Å². The second kappa shape index (κ2) is 5.35. The van der Waals surface area contributed by atoms with Crippen molar-refractivity contribution >= 4 is 28.2 Å². The molecule has 0 amide bonds. The summed E-state index contributed by atoms with van der Waals surface area (Å²) in [5.41, 5.74) is 1.96. The Morgan fingerprint density at radius 3 is 3.05 bits per heavy atom. The van der Waals surface area contributed by atoms with E-state index >= 15 is 0 Å². The van der Waals surface area contributed by atoms with E-state index in [1.54, 1.807) is 7.11 Å². The van der Waals surface area contributed by atoms with Crippen LogP contribution < -0.4 is 5.32 Å². The molecule has 1 N–H and O–H groups in total. The summed E-state index contributed by atoms with van der Waals surface area (Å²) in [7, 11) is 1.74. The molecular weight excluding hydrogens is 260 g/mol. The molecular formula is C15H17ClN2O. The SMILES string of the molecule is COCC(Nc1cc(Cl)cc2cccnc12)C1CC1. The van der Waals surface area contributed by atoms with Crippen LogP contribution in [0.2, 0.25) is 5.02 Å². The largest absolute Gasteiger partial charge is 0.383 e. The highest BCUT2D eigenvalue weighted by Gasteiger charge is 2.31. The van der Waals surface area contributed by atoms with Crippen molar-refractivity contribution in [2.24, 2.45) is 5.92 Å². The minimum atomic E-state index is 0.341. The van der Waals surface area contributed by atoms with Gasteiger partial charge in [0.25, 0.3) is 0 Å². The van der Waals surface area contributed by atoms with E-state index in [4.69, 9.17) is 16.3 Å². The Morgan fingerprint density at radius 1 is 1.47 bits per heavy atom. The van der Waals surface area contributed by atoms with Crippen molar-refractivity contribution in [1.29, 1.82) is 0 Å². The molecule has 1 aromatic heterocycles. The van der Waals surface area contributed by atoms with Crippen LogP contribution in [0.5, 0.6) is 0 Å². The third-order valence-corrected chi connectivity index (χ3v) is 3.77. The maximum atomic E-state index is 6.18. The van der Waals surface area contributed by atoms with Crippen molar-refractivity contribution in [3.05, 3.63) is 35.5 Å². The summed E-state index contributed by atoms with van der Waals surface area (Å²) in [4.78, 5) is 4.45. The standard InChI is InChI=1S/C15H17ClN2O/c1-19-9-14(10-4-5-10)18-13-8-12(16)7-11-3-2-6-17-15(11)13/h2-3,6-8,10,14,18H,4-5,9H2,1H3. The Bertz CT molecular complexity index is 583. The van der Waals surface area contributed by atoms with Crippen LogP contribution in [-0.2, 0) is 4.74 Å². The predicted molar refractivity (Wildman–Crippen MR) is 78.8 cm³/mol. The lowest BCUT2D eigenvalue weighted by atomic mass is 10.1. The van der Waals surface area contributed by atoms with Gasteiger partial charge < -0.3 is 10.1 Å². The van der Waals surface area contributed by atoms with Crippen LogP contribution in [0.25, 0.3) is 10.9 Å². The molecule has 0 bridgehead atoms. The van der Waals surface area contributed by atoms with E-state index in [0.29, 0.717) is 18.6 Å². The molecule has 4 heteroatoms. The molecule has 2 aromatic rings. The van der Waals surface area contributed by atoms with Gasteiger partial charge in [0.05, 0.1) is 23.9 Å². The highest BCUT2D eigenvalue weighted by Crippen LogP contribution is 2.36. The highest BCUT2D eigenvalue weighted by atomic mass is 35.5. The number of pyridine rings is 1. The van der Waals surface area contributed by atoms with Crippen LogP contribution in [0.1, 0.15) is 12.8 Å². The van der Waals surface area contributed by atoms with E-state index in [1.807, 2.05) is 30.5 Å². The molecule has 1 unspecified atom stereocenters. The predicted octanol–water partition coefficient (Wildman–Crippen LogP) is 3.73. The molecule has 1 saturated carbocycles. The second-order valence-electron chi connectivity index (χ2n) is 5.07. The van der Waals surface area contributed by atoms with E-state index in [2.05, 4.69) is 10.3 Å². The number of ether oxygens (including phenoxy) is 1. The Labute approximate surface area is 117 Å². The van der Waals surface area contributed by atoms with Gasteiger partial charge in [0.1, 0.15) is 0 Å². The summed E-state index contributed by atoms with van der Waals surface area (Å²) in [6.45, 7) is 0.714. The van der Waals surface area contributed by atoms with Gasteiger partial charge in [0.2, 0.25) is 0 Å². The topological polar surface area (TPSA) is 34.1 Å². The van der Waals surface area contributed by atoms with Crippen LogP contribution in [0.3, 0.4) is 0 Å². The number of hydrogen-bond donors (Lipinski definition) is 1. The Morgan fingerprint density at radius 2 is 2.32 bits per heavy atom. The number of nitrogens with zero attached hydrogens (tertiary/aromatic N) is 1. The van der Waals surface area contributed by atoms with Crippen LogP contribution in [0.4, 0.5) is 5.69 Å². The monoisotopic (exact) mass is 276 g/mol. The molecule has 0 radical (unpaired) electrons. The van der Waals surface area contributed by atoms with Crippen molar-refractivity contribution in [2.45, 2.75) is 18.9 Å². The van der Waals surface area contributed by atoms with Crippen molar-refractivity contribution in [2.75, 3.05) is 19.0 Å². The lowest BCUT2D eigenvalue weighted by Crippen LogP contribution is -2.27. The number of anilines is 1. The fourth-order valence-electron chi connectivity index (χ4n) is 2.44. The molecule has 1 atom stereocenters. The van der Waals surface area contributed by atoms with E-state index in [-0.39, 0.29) is 0 Å². The van der Waals surface area contributed by atoms with Gasteiger partial charge in [-0.3, -0.25) is 4.98 Å². The molecule has 1 fully saturated rings. The van der Waals surface area contributed by atoms with E-state index in [9.17, 15) is 0 Å². The first-order valence-corrected chi connectivity index (χ1v) is 6.95. The van der Waals surface area contributed by atoms with Crippen LogP contribution in [0, 0.1) is 5.92 Å². The van der Waals surface area contributed by atoms with Gasteiger partial charge in [-0.1, -0.05) is 17.7 Å². The summed E-state index contributed by atoms with van der Waals surface area (Å²) in [6, 6.07) is 8.19. The zero-order chi connectivity index (χ0) is 13.2. The molecule has 0 spiro atoms. The van der Waals surface area contributed by atoms with Crippen molar-refractivity contribution in [3.63, 3.8) is 0 Å². The maximum absolute atomic E-state index is 6.18. The molecule has 100 valence electrons. The molecule has 1 aromatic carbocycles. The number of hydrogen-bond acceptors (Lipinski definition) is 3. The molecule has 1 aliphatic carbocycles. The second-order valence-corrected chi connectivity index (χ2v) is 5.51. The fourth-order valence-corrected chi connectivity index (χ4v) is 2.67. The smallest absolute Gasteiger partial charge is 0.0934 e. The number of benzene rings is 1. The minimum Gasteiger partial charge on any atom is -0.383 e. The molecule has 0 saturated heterocycles. The quantitative estimate of drug-likeness (QED) is 0.904. The van der Waals surface area contributed by atoms with Gasteiger partial charge in [-0.05, 0) is 37.0 Å². The summed E-state index contributed by atoms with van der Waals surface area (Å²) in [6.07, 6.45) is 4.35. The van der Waals surface area contributed by atoms with Crippen LogP contribution >= 0.6 is 11.6 Å². The fraction of sp³-hybridized carbons (Fsp3) is 0.400. The van der Waals surface area contributed by atoms with Crippen molar-refractivity contribution < 1.29 is 4.74 Å². The van der Waals surface area contributed by atoms with Crippen LogP contribution in [0.15, 0.2) is 30.5 Å². The molecule has 1 aliphatic rings.